The lowest BCUT2D eigenvalue weighted by molar-refractivity contribution is -0.125. The Morgan fingerprint density at radius 3 is 1.31 bits per heavy atom. The van der Waals surface area contributed by atoms with Crippen LogP contribution in [0, 0.1) is 0 Å². The fourth-order valence-electron chi connectivity index (χ4n) is 7.27. The van der Waals surface area contributed by atoms with E-state index >= 15 is 0 Å². The molecule has 0 aliphatic carbocycles. The Hall–Kier alpha value is -1.17. The minimum Gasteiger partial charge on any atom is -0.394 e. The molecule has 5 heteroatoms. The molecule has 0 aliphatic heterocycles. The molecule has 0 aromatic rings. The summed E-state index contributed by atoms with van der Waals surface area (Å²) in [6, 6.07) is -0.657. The van der Waals surface area contributed by atoms with Crippen LogP contribution in [0.4, 0.5) is 0 Å². The first-order valence-electron chi connectivity index (χ1n) is 23.1. The number of unbranched alkanes of at least 4 members (excludes halogenated alkanes) is 29. The zero-order chi connectivity index (χ0) is 38.0. The molecule has 0 aliphatic rings. The van der Waals surface area contributed by atoms with Crippen LogP contribution >= 0.6 is 0 Å². The standard InChI is InChI=1S/C47H91NO4/c1-3-5-7-9-11-13-15-17-19-21-23-24-26-28-30-32-34-36-38-40-44(50)42-47(52)48-45(43-49)46(51)41-39-37-35-33-31-29-27-25-22-20-18-16-14-12-10-8-6-4-2/h5,7,11,13,44-46,49-51H,3-4,6,8-10,12,14-43H2,1-2H3,(H,48,52)/b7-5-,13-11-. The van der Waals surface area contributed by atoms with Crippen molar-refractivity contribution in [1.29, 1.82) is 0 Å². The van der Waals surface area contributed by atoms with Gasteiger partial charge < -0.3 is 20.6 Å². The van der Waals surface area contributed by atoms with E-state index in [4.69, 9.17) is 0 Å². The topological polar surface area (TPSA) is 89.8 Å². The number of hydrogen-bond donors (Lipinski definition) is 4. The second-order valence-electron chi connectivity index (χ2n) is 16.0. The summed E-state index contributed by atoms with van der Waals surface area (Å²) in [6.45, 7) is 4.18. The number of hydrogen-bond acceptors (Lipinski definition) is 4. The predicted octanol–water partition coefficient (Wildman–Crippen LogP) is 13.4. The third-order valence-corrected chi connectivity index (χ3v) is 10.8. The van der Waals surface area contributed by atoms with E-state index in [9.17, 15) is 20.1 Å². The summed E-state index contributed by atoms with van der Waals surface area (Å²) >= 11 is 0. The first kappa shape index (κ1) is 50.8. The van der Waals surface area contributed by atoms with Crippen LogP contribution in [0.25, 0.3) is 0 Å². The highest BCUT2D eigenvalue weighted by molar-refractivity contribution is 5.76. The van der Waals surface area contributed by atoms with E-state index in [-0.39, 0.29) is 18.9 Å². The maximum Gasteiger partial charge on any atom is 0.222 e. The van der Waals surface area contributed by atoms with Gasteiger partial charge in [0, 0.05) is 0 Å². The van der Waals surface area contributed by atoms with Crippen molar-refractivity contribution >= 4 is 5.91 Å². The maximum absolute atomic E-state index is 12.5. The summed E-state index contributed by atoms with van der Waals surface area (Å²) in [6.07, 6.45) is 51.5. The van der Waals surface area contributed by atoms with Crippen LogP contribution in [0.15, 0.2) is 24.3 Å². The molecule has 0 radical (unpaired) electrons. The van der Waals surface area contributed by atoms with Crippen LogP contribution in [0.2, 0.25) is 0 Å². The van der Waals surface area contributed by atoms with Crippen molar-refractivity contribution in [3.05, 3.63) is 24.3 Å². The summed E-state index contributed by atoms with van der Waals surface area (Å²) in [5.74, 6) is -0.282. The summed E-state index contributed by atoms with van der Waals surface area (Å²) in [7, 11) is 0. The molecule has 0 rings (SSSR count). The van der Waals surface area contributed by atoms with E-state index in [1.165, 1.54) is 173 Å². The quantitative estimate of drug-likeness (QED) is 0.0371. The monoisotopic (exact) mass is 734 g/mol. The SMILES string of the molecule is CC/C=C\C/C=C\CCCCCCCCCCCCCCC(O)CC(=O)NC(CO)C(O)CCCCCCCCCCCCCCCCCCCC. The normalized spacial score (nSPS) is 13.7. The Morgan fingerprint density at radius 1 is 0.500 bits per heavy atom. The van der Waals surface area contributed by atoms with E-state index in [1.54, 1.807) is 0 Å². The van der Waals surface area contributed by atoms with Gasteiger partial charge in [-0.05, 0) is 38.5 Å². The predicted molar refractivity (Wildman–Crippen MR) is 227 cm³/mol. The molecule has 1 amide bonds. The molecule has 0 saturated heterocycles. The molecular weight excluding hydrogens is 643 g/mol. The summed E-state index contributed by atoms with van der Waals surface area (Å²) in [5.41, 5.74) is 0. The minimum atomic E-state index is -0.747. The molecule has 0 bridgehead atoms. The number of carbonyl (C=O) groups excluding carboxylic acids is 1. The Bertz CT molecular complexity index is 768. The van der Waals surface area contributed by atoms with Crippen molar-refractivity contribution in [2.45, 2.75) is 263 Å². The first-order valence-corrected chi connectivity index (χ1v) is 23.1. The number of amides is 1. The van der Waals surface area contributed by atoms with Crippen molar-refractivity contribution in [2.75, 3.05) is 6.61 Å². The summed E-state index contributed by atoms with van der Waals surface area (Å²) < 4.78 is 0. The lowest BCUT2D eigenvalue weighted by Gasteiger charge is -2.23. The zero-order valence-electron chi connectivity index (χ0n) is 35.0. The van der Waals surface area contributed by atoms with E-state index in [2.05, 4.69) is 43.5 Å². The van der Waals surface area contributed by atoms with E-state index in [0.717, 1.165) is 38.5 Å². The molecule has 0 fully saturated rings. The van der Waals surface area contributed by atoms with Crippen LogP contribution in [0.1, 0.15) is 245 Å². The Morgan fingerprint density at radius 2 is 0.885 bits per heavy atom. The van der Waals surface area contributed by atoms with Gasteiger partial charge in [-0.15, -0.1) is 0 Å². The van der Waals surface area contributed by atoms with Gasteiger partial charge in [-0.25, -0.2) is 0 Å². The molecule has 308 valence electrons. The molecule has 52 heavy (non-hydrogen) atoms. The number of nitrogens with one attached hydrogen (secondary N) is 1. The lowest BCUT2D eigenvalue weighted by atomic mass is 10.0. The summed E-state index contributed by atoms with van der Waals surface area (Å²) in [5, 5.41) is 33.5. The molecule has 0 aromatic heterocycles. The molecule has 0 spiro atoms. The molecule has 0 aromatic carbocycles. The largest absolute Gasteiger partial charge is 0.394 e. The molecule has 0 saturated carbocycles. The molecule has 3 unspecified atom stereocenters. The average Bonchev–Trinajstić information content (AvgIpc) is 3.14. The van der Waals surface area contributed by atoms with Crippen LogP contribution < -0.4 is 5.32 Å². The second kappa shape index (κ2) is 42.6. The Kier molecular flexibility index (Phi) is 41.6. The van der Waals surface area contributed by atoms with Crippen molar-refractivity contribution < 1.29 is 20.1 Å². The second-order valence-corrected chi connectivity index (χ2v) is 16.0. The van der Waals surface area contributed by atoms with Gasteiger partial charge in [-0.3, -0.25) is 4.79 Å². The fraction of sp³-hybridized carbons (Fsp3) is 0.894. The van der Waals surface area contributed by atoms with Gasteiger partial charge in [0.05, 0.1) is 31.3 Å². The highest BCUT2D eigenvalue weighted by Crippen LogP contribution is 2.17. The number of aliphatic hydroxyl groups excluding tert-OH is 3. The van der Waals surface area contributed by atoms with Crippen LogP contribution in [-0.4, -0.2) is 46.1 Å². The van der Waals surface area contributed by atoms with E-state index in [1.807, 2.05) is 0 Å². The minimum absolute atomic E-state index is 0.0375. The van der Waals surface area contributed by atoms with Gasteiger partial charge in [0.25, 0.3) is 0 Å². The number of rotatable bonds is 42. The third kappa shape index (κ3) is 38.6. The Labute approximate surface area is 324 Å². The van der Waals surface area contributed by atoms with Gasteiger partial charge >= 0.3 is 0 Å². The molecule has 3 atom stereocenters. The van der Waals surface area contributed by atoms with Crippen LogP contribution in [0.5, 0.6) is 0 Å². The van der Waals surface area contributed by atoms with Crippen LogP contribution in [0.3, 0.4) is 0 Å². The van der Waals surface area contributed by atoms with Crippen molar-refractivity contribution in [3.8, 4) is 0 Å². The van der Waals surface area contributed by atoms with Crippen LogP contribution in [-0.2, 0) is 4.79 Å². The van der Waals surface area contributed by atoms with Crippen molar-refractivity contribution in [1.82, 2.24) is 5.32 Å². The average molecular weight is 734 g/mol. The number of allylic oxidation sites excluding steroid dienone is 4. The smallest absolute Gasteiger partial charge is 0.222 e. The first-order chi connectivity index (χ1) is 25.5. The third-order valence-electron chi connectivity index (χ3n) is 10.8. The van der Waals surface area contributed by atoms with E-state index < -0.39 is 18.2 Å². The number of aliphatic hydroxyl groups is 3. The fourth-order valence-corrected chi connectivity index (χ4v) is 7.27. The van der Waals surface area contributed by atoms with Gasteiger partial charge in [0.2, 0.25) is 5.91 Å². The zero-order valence-corrected chi connectivity index (χ0v) is 35.0. The molecule has 4 N–H and O–H groups in total. The van der Waals surface area contributed by atoms with Crippen molar-refractivity contribution in [3.63, 3.8) is 0 Å². The highest BCUT2D eigenvalue weighted by atomic mass is 16.3. The summed E-state index contributed by atoms with van der Waals surface area (Å²) in [4.78, 5) is 12.5. The van der Waals surface area contributed by atoms with E-state index in [0.29, 0.717) is 12.8 Å². The molecule has 0 heterocycles. The van der Waals surface area contributed by atoms with Gasteiger partial charge in [0.15, 0.2) is 0 Å². The number of carbonyl (C=O) groups is 1. The molecule has 5 nitrogen and oxygen atoms in total. The lowest BCUT2D eigenvalue weighted by Crippen LogP contribution is -2.46. The van der Waals surface area contributed by atoms with Gasteiger partial charge in [0.1, 0.15) is 0 Å². The van der Waals surface area contributed by atoms with Crippen molar-refractivity contribution in [2.24, 2.45) is 0 Å². The van der Waals surface area contributed by atoms with Gasteiger partial charge in [-0.1, -0.05) is 224 Å². The molecular formula is C47H91NO4. The Balaban J connectivity index is 3.58. The maximum atomic E-state index is 12.5. The van der Waals surface area contributed by atoms with Gasteiger partial charge in [-0.2, -0.15) is 0 Å². The highest BCUT2D eigenvalue weighted by Gasteiger charge is 2.21.